The molecule has 0 atom stereocenters. The Labute approximate surface area is 103 Å². The Bertz CT molecular complexity index is 524. The number of hydrogen-bond acceptors (Lipinski definition) is 0. The summed E-state index contributed by atoms with van der Waals surface area (Å²) >= 11 is 0. The molecule has 17 heavy (non-hydrogen) atoms. The van der Waals surface area contributed by atoms with Crippen molar-refractivity contribution in [3.8, 4) is 0 Å². The number of rotatable bonds is 3. The number of hydrogen-bond donors (Lipinski definition) is 0. The zero-order valence-electron chi connectivity index (χ0n) is 9.82. The van der Waals surface area contributed by atoms with Crippen LogP contribution in [0.15, 0.2) is 71.4 Å². The van der Waals surface area contributed by atoms with Crippen LogP contribution in [0.2, 0.25) is 0 Å². The largest absolute Gasteiger partial charge is 0.0801 e. The molecule has 0 unspecified atom stereocenters. The summed E-state index contributed by atoms with van der Waals surface area (Å²) in [6.07, 6.45) is 15.4. The van der Waals surface area contributed by atoms with Crippen LogP contribution in [0.25, 0.3) is 0 Å². The van der Waals surface area contributed by atoms with Gasteiger partial charge < -0.3 is 0 Å². The Morgan fingerprint density at radius 1 is 1.12 bits per heavy atom. The van der Waals surface area contributed by atoms with Gasteiger partial charge in [-0.3, -0.25) is 0 Å². The second-order valence-corrected chi connectivity index (χ2v) is 4.47. The maximum atomic E-state index is 3.48. The fourth-order valence-electron chi connectivity index (χ4n) is 2.42. The van der Waals surface area contributed by atoms with Gasteiger partial charge in [-0.1, -0.05) is 54.6 Å². The Morgan fingerprint density at radius 3 is 2.76 bits per heavy atom. The molecule has 1 radical (unpaired) electrons. The van der Waals surface area contributed by atoms with E-state index in [4.69, 9.17) is 0 Å². The molecule has 2 aliphatic carbocycles. The molecule has 2 aliphatic rings. The molecule has 1 aromatic rings. The van der Waals surface area contributed by atoms with Crippen molar-refractivity contribution in [3.05, 3.63) is 83.0 Å². The second kappa shape index (κ2) is 4.58. The lowest BCUT2D eigenvalue weighted by atomic mass is 9.95. The van der Waals surface area contributed by atoms with Crippen LogP contribution in [0.1, 0.15) is 18.4 Å². The summed E-state index contributed by atoms with van der Waals surface area (Å²) in [5.41, 5.74) is 5.58. The van der Waals surface area contributed by atoms with Crippen molar-refractivity contribution in [2.45, 2.75) is 19.3 Å². The predicted molar refractivity (Wildman–Crippen MR) is 71.4 cm³/mol. The SMILES string of the molecule is [C]1=C(C2=CC=CC2)C(Cc2ccccc2)=CC1. The molecule has 0 saturated heterocycles. The van der Waals surface area contributed by atoms with Crippen LogP contribution in [0, 0.1) is 6.08 Å². The van der Waals surface area contributed by atoms with Crippen molar-refractivity contribution in [1.82, 2.24) is 0 Å². The van der Waals surface area contributed by atoms with E-state index in [1.165, 1.54) is 22.3 Å². The molecule has 0 saturated carbocycles. The third kappa shape index (κ3) is 2.16. The zero-order chi connectivity index (χ0) is 11.5. The molecule has 0 N–H and O–H groups in total. The lowest BCUT2D eigenvalue weighted by Crippen LogP contribution is -1.94. The Balaban J connectivity index is 1.78. The van der Waals surface area contributed by atoms with Gasteiger partial charge >= 0.3 is 0 Å². The first kappa shape index (κ1) is 10.3. The van der Waals surface area contributed by atoms with Crippen molar-refractivity contribution in [1.29, 1.82) is 0 Å². The van der Waals surface area contributed by atoms with E-state index in [1.807, 2.05) is 0 Å². The predicted octanol–water partition coefficient (Wildman–Crippen LogP) is 4.18. The maximum absolute atomic E-state index is 3.48. The molecular formula is C17H15. The lowest BCUT2D eigenvalue weighted by molar-refractivity contribution is 1.14. The van der Waals surface area contributed by atoms with Crippen LogP contribution in [0.4, 0.5) is 0 Å². The highest BCUT2D eigenvalue weighted by molar-refractivity contribution is 5.53. The molecule has 0 aliphatic heterocycles. The van der Waals surface area contributed by atoms with Gasteiger partial charge in [-0.25, -0.2) is 0 Å². The van der Waals surface area contributed by atoms with Crippen molar-refractivity contribution in [3.63, 3.8) is 0 Å². The third-order valence-electron chi connectivity index (χ3n) is 3.28. The average molecular weight is 219 g/mol. The maximum Gasteiger partial charge on any atom is -0.00227 e. The Kier molecular flexibility index (Phi) is 2.79. The molecule has 0 fully saturated rings. The topological polar surface area (TPSA) is 0 Å². The van der Waals surface area contributed by atoms with Crippen LogP contribution in [-0.4, -0.2) is 0 Å². The summed E-state index contributed by atoms with van der Waals surface area (Å²) in [4.78, 5) is 0. The van der Waals surface area contributed by atoms with Crippen LogP contribution in [0.5, 0.6) is 0 Å². The molecular weight excluding hydrogens is 204 g/mol. The molecule has 0 spiro atoms. The molecule has 0 amide bonds. The molecule has 83 valence electrons. The van der Waals surface area contributed by atoms with E-state index in [0.717, 1.165) is 19.3 Å². The summed E-state index contributed by atoms with van der Waals surface area (Å²) in [6, 6.07) is 10.7. The average Bonchev–Trinajstić information content (AvgIpc) is 3.00. The highest BCUT2D eigenvalue weighted by Gasteiger charge is 2.15. The van der Waals surface area contributed by atoms with Gasteiger partial charge in [-0.15, -0.1) is 0 Å². The quantitative estimate of drug-likeness (QED) is 0.715. The minimum atomic E-state index is 0.967. The standard InChI is InChI=1S/C17H15/c1-2-7-14(8-3-1)13-16-11-6-12-17(16)15-9-4-5-10-15/h1-5,7-9,11H,6,10,13H2. The minimum absolute atomic E-state index is 0.967. The van der Waals surface area contributed by atoms with E-state index in [1.54, 1.807) is 0 Å². The van der Waals surface area contributed by atoms with Crippen molar-refractivity contribution in [2.24, 2.45) is 0 Å². The van der Waals surface area contributed by atoms with Gasteiger partial charge in [-0.2, -0.15) is 0 Å². The normalized spacial score (nSPS) is 18.0. The number of allylic oxidation sites excluding steroid dienone is 8. The molecule has 0 nitrogen and oxygen atoms in total. The lowest BCUT2D eigenvalue weighted by Gasteiger charge is -2.10. The minimum Gasteiger partial charge on any atom is -0.0801 e. The van der Waals surface area contributed by atoms with Gasteiger partial charge in [-0.05, 0) is 47.6 Å². The fraction of sp³-hybridized carbons (Fsp3) is 0.176. The molecule has 0 heterocycles. The van der Waals surface area contributed by atoms with Crippen molar-refractivity contribution < 1.29 is 0 Å². The third-order valence-corrected chi connectivity index (χ3v) is 3.28. The van der Waals surface area contributed by atoms with Gasteiger partial charge in [0.1, 0.15) is 0 Å². The van der Waals surface area contributed by atoms with Crippen LogP contribution in [0.3, 0.4) is 0 Å². The highest BCUT2D eigenvalue weighted by Crippen LogP contribution is 2.31. The van der Waals surface area contributed by atoms with E-state index in [0.29, 0.717) is 0 Å². The van der Waals surface area contributed by atoms with Crippen molar-refractivity contribution >= 4 is 0 Å². The van der Waals surface area contributed by atoms with Gasteiger partial charge in [0, 0.05) is 0 Å². The molecule has 0 bridgehead atoms. The van der Waals surface area contributed by atoms with Crippen LogP contribution >= 0.6 is 0 Å². The van der Waals surface area contributed by atoms with Gasteiger partial charge in [0.15, 0.2) is 0 Å². The molecule has 0 heteroatoms. The van der Waals surface area contributed by atoms with Gasteiger partial charge in [0.25, 0.3) is 0 Å². The van der Waals surface area contributed by atoms with Crippen molar-refractivity contribution in [2.75, 3.05) is 0 Å². The number of benzene rings is 1. The van der Waals surface area contributed by atoms with E-state index in [9.17, 15) is 0 Å². The first-order chi connectivity index (χ1) is 8.43. The van der Waals surface area contributed by atoms with E-state index < -0.39 is 0 Å². The smallest absolute Gasteiger partial charge is 0.00227 e. The second-order valence-electron chi connectivity index (χ2n) is 4.47. The first-order valence-electron chi connectivity index (χ1n) is 6.14. The summed E-state index contributed by atoms with van der Waals surface area (Å²) in [6.45, 7) is 0. The molecule has 0 aromatic heterocycles. The van der Waals surface area contributed by atoms with Crippen LogP contribution < -0.4 is 0 Å². The van der Waals surface area contributed by atoms with Gasteiger partial charge in [0.05, 0.1) is 0 Å². The van der Waals surface area contributed by atoms with E-state index in [2.05, 4.69) is 60.7 Å². The first-order valence-corrected chi connectivity index (χ1v) is 6.14. The summed E-state index contributed by atoms with van der Waals surface area (Å²) in [7, 11) is 0. The van der Waals surface area contributed by atoms with E-state index in [-0.39, 0.29) is 0 Å². The highest BCUT2D eigenvalue weighted by atomic mass is 14.2. The van der Waals surface area contributed by atoms with E-state index >= 15 is 0 Å². The summed E-state index contributed by atoms with van der Waals surface area (Å²) in [5.74, 6) is 0. The summed E-state index contributed by atoms with van der Waals surface area (Å²) in [5, 5.41) is 0. The van der Waals surface area contributed by atoms with Crippen LogP contribution in [-0.2, 0) is 6.42 Å². The fourth-order valence-corrected chi connectivity index (χ4v) is 2.42. The molecule has 3 rings (SSSR count). The summed E-state index contributed by atoms with van der Waals surface area (Å²) < 4.78 is 0. The van der Waals surface area contributed by atoms with Gasteiger partial charge in [0.2, 0.25) is 0 Å². The Hall–Kier alpha value is -1.82. The molecule has 1 aromatic carbocycles. The monoisotopic (exact) mass is 219 g/mol. The Morgan fingerprint density at radius 2 is 2.00 bits per heavy atom. The zero-order valence-corrected chi connectivity index (χ0v) is 9.82.